The van der Waals surface area contributed by atoms with E-state index in [0.29, 0.717) is 30.0 Å². The molecule has 6 nitrogen and oxygen atoms in total. The van der Waals surface area contributed by atoms with Gasteiger partial charge in [-0.2, -0.15) is 13.2 Å². The average Bonchev–Trinajstić information content (AvgIpc) is 2.93. The Balaban J connectivity index is 1.35. The van der Waals surface area contributed by atoms with Gasteiger partial charge >= 0.3 is 6.18 Å². The summed E-state index contributed by atoms with van der Waals surface area (Å²) in [5, 5.41) is 7.88. The van der Waals surface area contributed by atoms with Crippen LogP contribution in [0.1, 0.15) is 31.8 Å². The third-order valence-electron chi connectivity index (χ3n) is 5.68. The Morgan fingerprint density at radius 3 is 2.17 bits per heavy atom. The molecule has 0 saturated heterocycles. The Morgan fingerprint density at radius 1 is 0.750 bits per heavy atom. The largest absolute Gasteiger partial charge is 0.492 e. The third kappa shape index (κ3) is 7.90. The smallest absolute Gasteiger partial charge is 0.416 e. The maximum atomic E-state index is 13.0. The molecule has 4 aromatic carbocycles. The van der Waals surface area contributed by atoms with Crippen LogP contribution in [-0.4, -0.2) is 23.5 Å². The minimum Gasteiger partial charge on any atom is -0.492 e. The van der Waals surface area contributed by atoms with Gasteiger partial charge in [0.2, 0.25) is 0 Å². The molecule has 40 heavy (non-hydrogen) atoms. The number of alkyl halides is 3. The first kappa shape index (κ1) is 28.3. The topological polar surface area (TPSA) is 79.5 Å². The number of nitrogens with one attached hydrogen (secondary N) is 3. The normalized spacial score (nSPS) is 10.9. The second kappa shape index (κ2) is 12.9. The first-order chi connectivity index (χ1) is 19.2. The molecule has 0 saturated carbocycles. The molecule has 4 aromatic rings. The molecule has 0 heterocycles. The molecule has 0 spiro atoms. The molecule has 0 fully saturated rings. The molecule has 0 unspecified atom stereocenters. The van der Waals surface area contributed by atoms with Crippen molar-refractivity contribution in [3.63, 3.8) is 0 Å². The molecular formula is C30H24F3N3O3S. The highest BCUT2D eigenvalue weighted by Crippen LogP contribution is 2.30. The third-order valence-corrected chi connectivity index (χ3v) is 5.88. The van der Waals surface area contributed by atoms with Crippen molar-refractivity contribution in [2.75, 3.05) is 17.2 Å². The van der Waals surface area contributed by atoms with E-state index in [1.807, 2.05) is 30.3 Å². The summed E-state index contributed by atoms with van der Waals surface area (Å²) in [5.41, 5.74) is 1.12. The number of hydrogen-bond acceptors (Lipinski definition) is 4. The van der Waals surface area contributed by atoms with E-state index in [0.717, 1.165) is 17.7 Å². The van der Waals surface area contributed by atoms with Gasteiger partial charge in [0.1, 0.15) is 5.75 Å². The predicted octanol–water partition coefficient (Wildman–Crippen LogP) is 6.71. The van der Waals surface area contributed by atoms with Crippen molar-refractivity contribution in [3.8, 4) is 5.75 Å². The zero-order chi connectivity index (χ0) is 28.5. The van der Waals surface area contributed by atoms with Gasteiger partial charge in [-0.15, -0.1) is 0 Å². The van der Waals surface area contributed by atoms with E-state index in [4.69, 9.17) is 17.0 Å². The van der Waals surface area contributed by atoms with Crippen LogP contribution < -0.4 is 20.7 Å². The summed E-state index contributed by atoms with van der Waals surface area (Å²) in [4.78, 5) is 25.6. The fourth-order valence-electron chi connectivity index (χ4n) is 3.75. The average molecular weight is 564 g/mol. The molecule has 0 bridgehead atoms. The standard InChI is InChI=1S/C30H24F3N3O3S/c31-30(32,33)22-11-7-13-24(19-22)34-27(37)21-10-6-12-23(18-21)35-29(40)36-28(38)25-14-4-5-15-26(25)39-17-16-20-8-2-1-3-9-20/h1-15,18-19H,16-17H2,(H,34,37)(H2,35,36,38,40). The van der Waals surface area contributed by atoms with E-state index in [9.17, 15) is 22.8 Å². The summed E-state index contributed by atoms with van der Waals surface area (Å²) in [6.07, 6.45) is -3.85. The van der Waals surface area contributed by atoms with Gasteiger partial charge in [-0.3, -0.25) is 14.9 Å². The molecule has 0 aromatic heterocycles. The predicted molar refractivity (Wildman–Crippen MR) is 152 cm³/mol. The summed E-state index contributed by atoms with van der Waals surface area (Å²) in [5.74, 6) is -0.683. The van der Waals surface area contributed by atoms with Crippen LogP contribution in [0.5, 0.6) is 5.75 Å². The number of amides is 2. The van der Waals surface area contributed by atoms with E-state index in [-0.39, 0.29) is 16.4 Å². The highest BCUT2D eigenvalue weighted by Gasteiger charge is 2.30. The Morgan fingerprint density at radius 2 is 1.43 bits per heavy atom. The van der Waals surface area contributed by atoms with Crippen LogP contribution in [0, 0.1) is 0 Å². The number of benzene rings is 4. The highest BCUT2D eigenvalue weighted by atomic mass is 32.1. The number of carbonyl (C=O) groups excluding carboxylic acids is 2. The number of rotatable bonds is 8. The van der Waals surface area contributed by atoms with Crippen molar-refractivity contribution < 1.29 is 27.5 Å². The van der Waals surface area contributed by atoms with Crippen molar-refractivity contribution in [1.82, 2.24) is 5.32 Å². The molecular weight excluding hydrogens is 539 g/mol. The molecule has 2 amide bonds. The van der Waals surface area contributed by atoms with Gasteiger partial charge < -0.3 is 15.4 Å². The first-order valence-electron chi connectivity index (χ1n) is 12.2. The van der Waals surface area contributed by atoms with Crippen molar-refractivity contribution >= 4 is 40.5 Å². The van der Waals surface area contributed by atoms with Gasteiger partial charge in [-0.05, 0) is 66.3 Å². The van der Waals surface area contributed by atoms with Gasteiger partial charge in [-0.25, -0.2) is 0 Å². The summed E-state index contributed by atoms with van der Waals surface area (Å²) < 4.78 is 44.8. The molecule has 4 rings (SSSR count). The SMILES string of the molecule is O=C(Nc1cccc(C(F)(F)F)c1)c1cccc(NC(=S)NC(=O)c2ccccc2OCCc2ccccc2)c1. The maximum absolute atomic E-state index is 13.0. The fraction of sp³-hybridized carbons (Fsp3) is 0.100. The zero-order valence-corrected chi connectivity index (χ0v) is 21.8. The summed E-state index contributed by atoms with van der Waals surface area (Å²) >= 11 is 5.28. The lowest BCUT2D eigenvalue weighted by atomic mass is 10.1. The highest BCUT2D eigenvalue weighted by molar-refractivity contribution is 7.80. The quantitative estimate of drug-likeness (QED) is 0.208. The van der Waals surface area contributed by atoms with Gasteiger partial charge in [0.05, 0.1) is 17.7 Å². The zero-order valence-electron chi connectivity index (χ0n) is 21.0. The lowest BCUT2D eigenvalue weighted by molar-refractivity contribution is -0.137. The molecule has 0 aliphatic heterocycles. The van der Waals surface area contributed by atoms with E-state index < -0.39 is 23.6 Å². The summed E-state index contributed by atoms with van der Waals surface area (Å²) in [6.45, 7) is 0.381. The maximum Gasteiger partial charge on any atom is 0.416 e. The number of thiocarbonyl (C=S) groups is 1. The number of anilines is 2. The van der Waals surface area contributed by atoms with Crippen LogP contribution >= 0.6 is 12.2 Å². The van der Waals surface area contributed by atoms with Crippen molar-refractivity contribution in [3.05, 3.63) is 125 Å². The monoisotopic (exact) mass is 563 g/mol. The molecule has 10 heteroatoms. The number of carbonyl (C=O) groups is 2. The van der Waals surface area contributed by atoms with Crippen molar-refractivity contribution in [2.24, 2.45) is 0 Å². The van der Waals surface area contributed by atoms with E-state index >= 15 is 0 Å². The van der Waals surface area contributed by atoms with Crippen LogP contribution in [0.2, 0.25) is 0 Å². The van der Waals surface area contributed by atoms with Crippen LogP contribution in [0.15, 0.2) is 103 Å². The lowest BCUT2D eigenvalue weighted by Gasteiger charge is -2.14. The van der Waals surface area contributed by atoms with Gasteiger partial charge in [0.25, 0.3) is 11.8 Å². The Bertz CT molecular complexity index is 1510. The summed E-state index contributed by atoms with van der Waals surface area (Å²) in [7, 11) is 0. The molecule has 204 valence electrons. The number of halogens is 3. The van der Waals surface area contributed by atoms with Gasteiger partial charge in [0, 0.05) is 23.4 Å². The van der Waals surface area contributed by atoms with Crippen LogP contribution in [0.25, 0.3) is 0 Å². The van der Waals surface area contributed by atoms with Crippen molar-refractivity contribution in [2.45, 2.75) is 12.6 Å². The minimum atomic E-state index is -4.53. The Kier molecular flexibility index (Phi) is 9.13. The number of ether oxygens (including phenoxy) is 1. The van der Waals surface area contributed by atoms with Gasteiger partial charge in [0.15, 0.2) is 5.11 Å². The molecule has 3 N–H and O–H groups in total. The number of para-hydroxylation sites is 1. The van der Waals surface area contributed by atoms with E-state index in [1.165, 1.54) is 24.3 Å². The van der Waals surface area contributed by atoms with Gasteiger partial charge in [-0.1, -0.05) is 54.6 Å². The second-order valence-corrected chi connectivity index (χ2v) is 9.01. The Hall–Kier alpha value is -4.70. The molecule has 0 radical (unpaired) electrons. The summed E-state index contributed by atoms with van der Waals surface area (Å²) in [6, 6.07) is 27.1. The molecule has 0 aliphatic carbocycles. The van der Waals surface area contributed by atoms with E-state index in [1.54, 1.807) is 36.4 Å². The second-order valence-electron chi connectivity index (χ2n) is 8.60. The number of hydrogen-bond donors (Lipinski definition) is 3. The fourth-order valence-corrected chi connectivity index (χ4v) is 3.96. The minimum absolute atomic E-state index is 0.00521. The first-order valence-corrected chi connectivity index (χ1v) is 12.6. The van der Waals surface area contributed by atoms with Crippen LogP contribution in [-0.2, 0) is 12.6 Å². The van der Waals surface area contributed by atoms with Crippen molar-refractivity contribution in [1.29, 1.82) is 0 Å². The molecule has 0 aliphatic rings. The molecule has 0 atom stereocenters. The van der Waals surface area contributed by atoms with Crippen LogP contribution in [0.3, 0.4) is 0 Å². The Labute approximate surface area is 234 Å². The van der Waals surface area contributed by atoms with E-state index in [2.05, 4.69) is 16.0 Å². The van der Waals surface area contributed by atoms with Crippen LogP contribution in [0.4, 0.5) is 24.5 Å². The lowest BCUT2D eigenvalue weighted by Crippen LogP contribution is -2.34.